The monoisotopic (exact) mass is 427 g/mol. The van der Waals surface area contributed by atoms with Crippen molar-refractivity contribution in [3.8, 4) is 11.1 Å². The van der Waals surface area contributed by atoms with E-state index in [0.717, 1.165) is 24.0 Å². The number of aryl methyl sites for hydroxylation is 1. The van der Waals surface area contributed by atoms with E-state index in [-0.39, 0.29) is 17.9 Å². The molecule has 0 saturated heterocycles. The van der Waals surface area contributed by atoms with Crippen LogP contribution in [0.1, 0.15) is 45.8 Å². The topological polar surface area (TPSA) is 75.1 Å². The zero-order valence-electron chi connectivity index (χ0n) is 16.5. The first-order chi connectivity index (χ1) is 14.8. The smallest absolute Gasteiger partial charge is 0.451 e. The van der Waals surface area contributed by atoms with Gasteiger partial charge in [0, 0.05) is 17.8 Å². The number of alkyl halides is 3. The minimum absolute atomic E-state index is 0.161. The highest BCUT2D eigenvalue weighted by Crippen LogP contribution is 2.33. The normalized spacial score (nSPS) is 13.5. The van der Waals surface area contributed by atoms with Gasteiger partial charge in [0.2, 0.25) is 5.82 Å². The van der Waals surface area contributed by atoms with Crippen LogP contribution in [0.5, 0.6) is 0 Å². The van der Waals surface area contributed by atoms with Crippen molar-refractivity contribution in [2.45, 2.75) is 38.4 Å². The van der Waals surface area contributed by atoms with E-state index in [1.807, 2.05) is 6.07 Å². The Kier molecular flexibility index (Phi) is 5.63. The fourth-order valence-electron chi connectivity index (χ4n) is 3.89. The quantitative estimate of drug-likeness (QED) is 0.574. The van der Waals surface area contributed by atoms with Crippen LogP contribution < -0.4 is 5.32 Å². The number of halogens is 3. The number of nitrogens with one attached hydrogen (secondary N) is 1. The lowest BCUT2D eigenvalue weighted by molar-refractivity contribution is -0.145. The van der Waals surface area contributed by atoms with Crippen LogP contribution >= 0.6 is 0 Å². The van der Waals surface area contributed by atoms with Gasteiger partial charge in [-0.3, -0.25) is 0 Å². The van der Waals surface area contributed by atoms with Gasteiger partial charge in [-0.05, 0) is 48.4 Å². The predicted octanol–water partition coefficient (Wildman–Crippen LogP) is 5.35. The molecule has 5 nitrogen and oxygen atoms in total. The number of nitrogens with zero attached hydrogens (tertiary/aromatic N) is 2. The molecule has 2 aromatic carbocycles. The second-order valence-electron chi connectivity index (χ2n) is 7.39. The van der Waals surface area contributed by atoms with Crippen LogP contribution in [0.15, 0.2) is 48.5 Å². The number of anilines is 1. The fourth-order valence-corrected chi connectivity index (χ4v) is 3.89. The molecule has 0 atom stereocenters. The molecule has 0 fully saturated rings. The van der Waals surface area contributed by atoms with Gasteiger partial charge in [-0.2, -0.15) is 13.2 Å². The number of fused-ring (bicyclic) bond motifs is 1. The van der Waals surface area contributed by atoms with Crippen LogP contribution in [-0.4, -0.2) is 21.0 Å². The first kappa shape index (κ1) is 20.8. The van der Waals surface area contributed by atoms with Crippen LogP contribution in [0.25, 0.3) is 11.1 Å². The maximum Gasteiger partial charge on any atom is 0.451 e. The molecule has 8 heteroatoms. The van der Waals surface area contributed by atoms with E-state index in [2.05, 4.69) is 15.3 Å². The third kappa shape index (κ3) is 4.38. The Balaban J connectivity index is 1.70. The number of carbonyl (C=O) groups is 1. The van der Waals surface area contributed by atoms with Crippen molar-refractivity contribution in [1.29, 1.82) is 0 Å². The summed E-state index contributed by atoms with van der Waals surface area (Å²) in [6.45, 7) is 0.199. The molecule has 31 heavy (non-hydrogen) atoms. The summed E-state index contributed by atoms with van der Waals surface area (Å²) in [5.41, 5.74) is 3.34. The van der Waals surface area contributed by atoms with Crippen molar-refractivity contribution in [2.75, 3.05) is 5.32 Å². The van der Waals surface area contributed by atoms with Gasteiger partial charge in [-0.1, -0.05) is 42.5 Å². The Morgan fingerprint density at radius 2 is 1.65 bits per heavy atom. The van der Waals surface area contributed by atoms with Crippen LogP contribution in [0, 0.1) is 0 Å². The fraction of sp³-hybridized carbons (Fsp3) is 0.261. The van der Waals surface area contributed by atoms with E-state index in [4.69, 9.17) is 0 Å². The third-order valence-corrected chi connectivity index (χ3v) is 5.35. The zero-order valence-corrected chi connectivity index (χ0v) is 16.5. The molecule has 0 amide bonds. The molecular formula is C23H20F3N3O2. The Morgan fingerprint density at radius 3 is 2.39 bits per heavy atom. The van der Waals surface area contributed by atoms with Gasteiger partial charge >= 0.3 is 12.1 Å². The molecule has 0 radical (unpaired) electrons. The number of benzene rings is 2. The Labute approximate surface area is 177 Å². The number of carboxylic acids is 1. The standard InChI is InChI=1S/C23H20F3N3O2/c24-23(25,26)22-28-19-12-6-5-11-18(19)20(29-22)27-13-14-7-1-2-8-15(14)16-9-3-4-10-17(16)21(30)31/h1-4,7-10H,5-6,11-13H2,(H,30,31)(H,27,28,29). The molecule has 0 saturated carbocycles. The lowest BCUT2D eigenvalue weighted by Gasteiger charge is -2.21. The van der Waals surface area contributed by atoms with E-state index < -0.39 is 18.0 Å². The molecule has 1 aliphatic carbocycles. The van der Waals surface area contributed by atoms with Crippen molar-refractivity contribution in [2.24, 2.45) is 0 Å². The van der Waals surface area contributed by atoms with Gasteiger partial charge in [0.25, 0.3) is 0 Å². The first-order valence-corrected chi connectivity index (χ1v) is 9.96. The van der Waals surface area contributed by atoms with Crippen molar-refractivity contribution in [1.82, 2.24) is 9.97 Å². The van der Waals surface area contributed by atoms with Crippen molar-refractivity contribution in [3.05, 3.63) is 76.7 Å². The molecule has 160 valence electrons. The summed E-state index contributed by atoms with van der Waals surface area (Å²) in [4.78, 5) is 19.2. The second-order valence-corrected chi connectivity index (χ2v) is 7.39. The van der Waals surface area contributed by atoms with Crippen LogP contribution in [0.2, 0.25) is 0 Å². The van der Waals surface area contributed by atoms with Crippen molar-refractivity contribution < 1.29 is 23.1 Å². The molecule has 0 aliphatic heterocycles. The van der Waals surface area contributed by atoms with Gasteiger partial charge < -0.3 is 10.4 Å². The van der Waals surface area contributed by atoms with Gasteiger partial charge in [0.15, 0.2) is 0 Å². The van der Waals surface area contributed by atoms with E-state index in [1.165, 1.54) is 6.07 Å². The molecular weight excluding hydrogens is 407 g/mol. The van der Waals surface area contributed by atoms with Crippen molar-refractivity contribution >= 4 is 11.8 Å². The molecule has 0 unspecified atom stereocenters. The van der Waals surface area contributed by atoms with Crippen LogP contribution in [0.4, 0.5) is 19.0 Å². The minimum atomic E-state index is -4.62. The number of aromatic nitrogens is 2. The van der Waals surface area contributed by atoms with Crippen LogP contribution in [-0.2, 0) is 25.6 Å². The third-order valence-electron chi connectivity index (χ3n) is 5.35. The van der Waals surface area contributed by atoms with E-state index in [1.54, 1.807) is 36.4 Å². The molecule has 3 aromatic rings. The molecule has 2 N–H and O–H groups in total. The molecule has 1 heterocycles. The largest absolute Gasteiger partial charge is 0.478 e. The van der Waals surface area contributed by atoms with E-state index in [0.29, 0.717) is 29.7 Å². The average Bonchev–Trinajstić information content (AvgIpc) is 2.77. The maximum absolute atomic E-state index is 13.3. The Bertz CT molecular complexity index is 1130. The summed E-state index contributed by atoms with van der Waals surface area (Å²) < 4.78 is 39.9. The van der Waals surface area contributed by atoms with E-state index in [9.17, 15) is 23.1 Å². The lowest BCUT2D eigenvalue weighted by Crippen LogP contribution is -2.19. The maximum atomic E-state index is 13.3. The highest BCUT2D eigenvalue weighted by atomic mass is 19.4. The summed E-state index contributed by atoms with van der Waals surface area (Å²) in [6, 6.07) is 13.9. The number of hydrogen-bond donors (Lipinski definition) is 2. The molecule has 0 spiro atoms. The summed E-state index contributed by atoms with van der Waals surface area (Å²) in [5.74, 6) is -1.99. The first-order valence-electron chi connectivity index (χ1n) is 9.96. The summed E-state index contributed by atoms with van der Waals surface area (Å²) in [5, 5.41) is 12.6. The lowest BCUT2D eigenvalue weighted by atomic mass is 9.94. The van der Waals surface area contributed by atoms with Gasteiger partial charge in [0.1, 0.15) is 5.82 Å². The van der Waals surface area contributed by atoms with Gasteiger partial charge in [-0.15, -0.1) is 0 Å². The highest BCUT2D eigenvalue weighted by Gasteiger charge is 2.36. The molecule has 0 bridgehead atoms. The second kappa shape index (κ2) is 8.37. The van der Waals surface area contributed by atoms with E-state index >= 15 is 0 Å². The number of carboxylic acid groups (broad SMARTS) is 1. The van der Waals surface area contributed by atoms with Gasteiger partial charge in [0.05, 0.1) is 5.56 Å². The van der Waals surface area contributed by atoms with Crippen LogP contribution in [0.3, 0.4) is 0 Å². The number of aromatic carboxylic acids is 1. The predicted molar refractivity (Wildman–Crippen MR) is 110 cm³/mol. The minimum Gasteiger partial charge on any atom is -0.478 e. The Hall–Kier alpha value is -3.42. The molecule has 1 aromatic heterocycles. The van der Waals surface area contributed by atoms with Crippen molar-refractivity contribution in [3.63, 3.8) is 0 Å². The number of hydrogen-bond acceptors (Lipinski definition) is 4. The zero-order chi connectivity index (χ0) is 22.0. The summed E-state index contributed by atoms with van der Waals surface area (Å²) >= 11 is 0. The summed E-state index contributed by atoms with van der Waals surface area (Å²) in [7, 11) is 0. The summed E-state index contributed by atoms with van der Waals surface area (Å²) in [6.07, 6.45) is -1.83. The number of rotatable bonds is 5. The molecule has 1 aliphatic rings. The Morgan fingerprint density at radius 1 is 0.968 bits per heavy atom. The van der Waals surface area contributed by atoms with Gasteiger partial charge in [-0.25, -0.2) is 14.8 Å². The molecule has 4 rings (SSSR count). The SMILES string of the molecule is O=C(O)c1ccccc1-c1ccccc1CNc1nc(C(F)(F)F)nc2c1CCCC2. The average molecular weight is 427 g/mol. The highest BCUT2D eigenvalue weighted by molar-refractivity contribution is 5.96.